The van der Waals surface area contributed by atoms with E-state index in [4.69, 9.17) is 10.5 Å². The normalized spacial score (nSPS) is 13.3. The van der Waals surface area contributed by atoms with Gasteiger partial charge < -0.3 is 15.6 Å². The molecule has 0 aliphatic rings. The van der Waals surface area contributed by atoms with Crippen molar-refractivity contribution in [1.82, 2.24) is 0 Å². The molecule has 0 aliphatic heterocycles. The molecule has 1 aromatic carbocycles. The van der Waals surface area contributed by atoms with Gasteiger partial charge in [0.1, 0.15) is 11.8 Å². The van der Waals surface area contributed by atoms with E-state index in [1.807, 2.05) is 41.5 Å². The van der Waals surface area contributed by atoms with Crippen molar-refractivity contribution >= 4 is 18.4 Å². The third kappa shape index (κ3) is 4.37. The maximum atomic E-state index is 11.7. The van der Waals surface area contributed by atoms with E-state index in [1.54, 1.807) is 12.1 Å². The number of esters is 1. The lowest BCUT2D eigenvalue weighted by atomic mass is 9.78. The van der Waals surface area contributed by atoms with E-state index in [-0.39, 0.29) is 29.0 Å². The molecule has 4 nitrogen and oxygen atoms in total. The molecule has 126 valence electrons. The molecule has 0 unspecified atom stereocenters. The van der Waals surface area contributed by atoms with Gasteiger partial charge in [-0.05, 0) is 39.7 Å². The average molecular weight is 330 g/mol. The Morgan fingerprint density at radius 2 is 1.45 bits per heavy atom. The molecule has 1 aromatic rings. The Labute approximate surface area is 139 Å². The van der Waals surface area contributed by atoms with Crippen LogP contribution in [0.25, 0.3) is 0 Å². The molecule has 0 aliphatic carbocycles. The summed E-state index contributed by atoms with van der Waals surface area (Å²) >= 11 is 0. The highest BCUT2D eigenvalue weighted by molar-refractivity contribution is 5.85. The van der Waals surface area contributed by atoms with Crippen LogP contribution in [-0.4, -0.2) is 18.2 Å². The summed E-state index contributed by atoms with van der Waals surface area (Å²) in [6, 6.07) is 2.75. The van der Waals surface area contributed by atoms with Gasteiger partial charge in [-0.2, -0.15) is 0 Å². The molecule has 0 amide bonds. The lowest BCUT2D eigenvalue weighted by Crippen LogP contribution is -2.25. The molecule has 3 N–H and O–H groups in total. The maximum Gasteiger partial charge on any atom is 0.327 e. The number of carbonyl (C=O) groups excluding carboxylic acids is 1. The topological polar surface area (TPSA) is 72.5 Å². The number of hydrogen-bond donors (Lipinski definition) is 2. The molecule has 0 saturated carbocycles. The van der Waals surface area contributed by atoms with Crippen molar-refractivity contribution in [1.29, 1.82) is 0 Å². The van der Waals surface area contributed by atoms with Crippen molar-refractivity contribution in [2.24, 2.45) is 5.73 Å². The second kappa shape index (κ2) is 6.88. The lowest BCUT2D eigenvalue weighted by molar-refractivity contribution is -0.142. The molecule has 5 heteroatoms. The molecule has 1 rings (SSSR count). The van der Waals surface area contributed by atoms with Crippen molar-refractivity contribution < 1.29 is 14.6 Å². The third-order valence-corrected chi connectivity index (χ3v) is 3.56. The van der Waals surface area contributed by atoms with E-state index >= 15 is 0 Å². The first-order valence-corrected chi connectivity index (χ1v) is 7.11. The molecular formula is C17H28ClNO3. The predicted octanol–water partition coefficient (Wildman–Crippen LogP) is 3.58. The zero-order valence-electron chi connectivity index (χ0n) is 14.5. The zero-order chi connectivity index (χ0) is 16.6. The SMILES string of the molecule is COC(=O)[C@@H](N)c1cc(C(C)(C)C)c(O)c(C(C)(C)C)c1.Cl. The van der Waals surface area contributed by atoms with Crippen molar-refractivity contribution in [3.63, 3.8) is 0 Å². The maximum absolute atomic E-state index is 11.7. The van der Waals surface area contributed by atoms with Gasteiger partial charge in [0.2, 0.25) is 0 Å². The number of nitrogens with two attached hydrogens (primary N) is 1. The van der Waals surface area contributed by atoms with Crippen LogP contribution in [0.2, 0.25) is 0 Å². The highest BCUT2D eigenvalue weighted by Gasteiger charge is 2.29. The number of carbonyl (C=O) groups is 1. The molecule has 0 heterocycles. The van der Waals surface area contributed by atoms with Crippen LogP contribution in [0.4, 0.5) is 0 Å². The van der Waals surface area contributed by atoms with Gasteiger partial charge in [-0.1, -0.05) is 41.5 Å². The summed E-state index contributed by atoms with van der Waals surface area (Å²) < 4.78 is 4.72. The summed E-state index contributed by atoms with van der Waals surface area (Å²) in [5.41, 5.74) is 7.68. The number of ether oxygens (including phenoxy) is 1. The van der Waals surface area contributed by atoms with Crippen LogP contribution in [-0.2, 0) is 20.4 Å². The number of benzene rings is 1. The summed E-state index contributed by atoms with van der Waals surface area (Å²) in [5.74, 6) is -0.212. The molecule has 0 aromatic heterocycles. The molecule has 0 fully saturated rings. The minimum absolute atomic E-state index is 0. The summed E-state index contributed by atoms with van der Waals surface area (Å²) in [5, 5.41) is 10.6. The zero-order valence-corrected chi connectivity index (χ0v) is 15.3. The van der Waals surface area contributed by atoms with Crippen molar-refractivity contribution in [2.75, 3.05) is 7.11 Å². The fourth-order valence-corrected chi connectivity index (χ4v) is 2.24. The first-order valence-electron chi connectivity index (χ1n) is 7.11. The Hall–Kier alpha value is -1.26. The average Bonchev–Trinajstić information content (AvgIpc) is 2.34. The van der Waals surface area contributed by atoms with Crippen LogP contribution in [0.3, 0.4) is 0 Å². The molecule has 0 radical (unpaired) electrons. The van der Waals surface area contributed by atoms with Gasteiger partial charge in [-0.25, -0.2) is 0 Å². The van der Waals surface area contributed by atoms with Crippen LogP contribution in [0.15, 0.2) is 12.1 Å². The Morgan fingerprint density at radius 3 is 1.73 bits per heavy atom. The summed E-state index contributed by atoms with van der Waals surface area (Å²) in [6.07, 6.45) is 0. The molecule has 1 atom stereocenters. The quantitative estimate of drug-likeness (QED) is 0.813. The largest absolute Gasteiger partial charge is 0.507 e. The first-order chi connectivity index (χ1) is 9.39. The molecule has 0 spiro atoms. The first kappa shape index (κ1) is 20.7. The van der Waals surface area contributed by atoms with Crippen LogP contribution < -0.4 is 5.73 Å². The van der Waals surface area contributed by atoms with Crippen molar-refractivity contribution in [3.05, 3.63) is 28.8 Å². The van der Waals surface area contributed by atoms with Gasteiger partial charge in [0.25, 0.3) is 0 Å². The summed E-state index contributed by atoms with van der Waals surface area (Å²) in [6.45, 7) is 12.1. The molecule has 0 bridgehead atoms. The van der Waals surface area contributed by atoms with Gasteiger partial charge in [-0.3, -0.25) is 4.79 Å². The summed E-state index contributed by atoms with van der Waals surface area (Å²) in [7, 11) is 1.32. The van der Waals surface area contributed by atoms with Crippen LogP contribution >= 0.6 is 12.4 Å². The van der Waals surface area contributed by atoms with Gasteiger partial charge in [0, 0.05) is 0 Å². The standard InChI is InChI=1S/C17H27NO3.ClH/c1-16(2,3)11-8-10(13(18)15(20)21-7)9-12(14(11)19)17(4,5)6;/h8-9,13,19H,18H2,1-7H3;1H/t13-;/m0./s1. The minimum Gasteiger partial charge on any atom is -0.507 e. The lowest BCUT2D eigenvalue weighted by Gasteiger charge is -2.29. The smallest absolute Gasteiger partial charge is 0.327 e. The second-order valence-corrected chi connectivity index (χ2v) is 7.47. The second-order valence-electron chi connectivity index (χ2n) is 7.47. The number of hydrogen-bond acceptors (Lipinski definition) is 4. The van der Waals surface area contributed by atoms with Gasteiger partial charge in [0.05, 0.1) is 7.11 Å². The van der Waals surface area contributed by atoms with Gasteiger partial charge in [0.15, 0.2) is 0 Å². The third-order valence-electron chi connectivity index (χ3n) is 3.56. The highest BCUT2D eigenvalue weighted by Crippen LogP contribution is 2.40. The molecule has 22 heavy (non-hydrogen) atoms. The predicted molar refractivity (Wildman–Crippen MR) is 91.7 cm³/mol. The van der Waals surface area contributed by atoms with Gasteiger partial charge >= 0.3 is 5.97 Å². The van der Waals surface area contributed by atoms with E-state index in [1.165, 1.54) is 7.11 Å². The van der Waals surface area contributed by atoms with E-state index in [0.717, 1.165) is 11.1 Å². The fraction of sp³-hybridized carbons (Fsp3) is 0.588. The monoisotopic (exact) mass is 329 g/mol. The molecular weight excluding hydrogens is 302 g/mol. The van der Waals surface area contributed by atoms with Crippen LogP contribution in [0.5, 0.6) is 5.75 Å². The Morgan fingerprint density at radius 1 is 1.09 bits per heavy atom. The van der Waals surface area contributed by atoms with E-state index < -0.39 is 12.0 Å². The fourth-order valence-electron chi connectivity index (χ4n) is 2.24. The Balaban J connectivity index is 0.00000441. The number of phenols is 1. The Kier molecular flexibility index (Phi) is 6.49. The van der Waals surface area contributed by atoms with E-state index in [0.29, 0.717) is 5.56 Å². The summed E-state index contributed by atoms with van der Waals surface area (Å²) in [4.78, 5) is 11.7. The number of rotatable bonds is 2. The van der Waals surface area contributed by atoms with Crippen molar-refractivity contribution in [3.8, 4) is 5.75 Å². The van der Waals surface area contributed by atoms with Crippen LogP contribution in [0.1, 0.15) is 64.3 Å². The highest BCUT2D eigenvalue weighted by atomic mass is 35.5. The van der Waals surface area contributed by atoms with Crippen LogP contribution in [0, 0.1) is 0 Å². The number of methoxy groups -OCH3 is 1. The minimum atomic E-state index is -0.849. The van der Waals surface area contributed by atoms with Crippen molar-refractivity contribution in [2.45, 2.75) is 58.4 Å². The molecule has 0 saturated heterocycles. The Bertz CT molecular complexity index is 507. The van der Waals surface area contributed by atoms with E-state index in [9.17, 15) is 9.90 Å². The number of phenolic OH excluding ortho intramolecular Hbond substituents is 1. The van der Waals surface area contributed by atoms with E-state index in [2.05, 4.69) is 0 Å². The van der Waals surface area contributed by atoms with Gasteiger partial charge in [-0.15, -0.1) is 12.4 Å². The number of halogens is 1. The number of aromatic hydroxyl groups is 1.